The van der Waals surface area contributed by atoms with Gasteiger partial charge in [0.2, 0.25) is 0 Å². The predicted molar refractivity (Wildman–Crippen MR) is 124 cm³/mol. The third-order valence-corrected chi connectivity index (χ3v) is 9.08. The van der Waals surface area contributed by atoms with Crippen molar-refractivity contribution in [2.75, 3.05) is 32.7 Å². The van der Waals surface area contributed by atoms with Gasteiger partial charge in [-0.05, 0) is 93.8 Å². The van der Waals surface area contributed by atoms with Gasteiger partial charge in [-0.25, -0.2) is 0 Å². The Morgan fingerprint density at radius 1 is 1.06 bits per heavy atom. The van der Waals surface area contributed by atoms with Crippen molar-refractivity contribution in [3.8, 4) is 5.75 Å². The van der Waals surface area contributed by atoms with Crippen molar-refractivity contribution in [1.29, 1.82) is 0 Å². The molecule has 1 aromatic carbocycles. The van der Waals surface area contributed by atoms with Crippen LogP contribution in [0.4, 0.5) is 0 Å². The number of phenols is 1. The lowest BCUT2D eigenvalue weighted by atomic mass is 9.52. The molecule has 172 valence electrons. The van der Waals surface area contributed by atoms with Crippen molar-refractivity contribution in [3.63, 3.8) is 0 Å². The number of aliphatic hydroxyl groups is 1. The van der Waals surface area contributed by atoms with Crippen molar-refractivity contribution in [2.24, 2.45) is 5.92 Å². The average molecular weight is 437 g/mol. The molecule has 2 bridgehead atoms. The van der Waals surface area contributed by atoms with Crippen LogP contribution < -0.4 is 0 Å². The summed E-state index contributed by atoms with van der Waals surface area (Å²) in [5, 5.41) is 27.3. The minimum Gasteiger partial charge on any atom is -0.508 e. The van der Waals surface area contributed by atoms with E-state index in [9.17, 15) is 10.2 Å². The van der Waals surface area contributed by atoms with Gasteiger partial charge in [0.1, 0.15) is 5.75 Å². The van der Waals surface area contributed by atoms with Gasteiger partial charge in [0.25, 0.3) is 0 Å². The zero-order valence-electron chi connectivity index (χ0n) is 19.2. The van der Waals surface area contributed by atoms with E-state index in [0.29, 0.717) is 5.75 Å². The summed E-state index contributed by atoms with van der Waals surface area (Å²) in [5.41, 5.74) is 2.74. The van der Waals surface area contributed by atoms with E-state index < -0.39 is 5.60 Å². The largest absolute Gasteiger partial charge is 0.508 e. The number of hydrogen-bond donors (Lipinski definition) is 2. The minimum absolute atomic E-state index is 0.183. The number of aromatic nitrogens is 2. The van der Waals surface area contributed by atoms with Crippen LogP contribution in [0.2, 0.25) is 0 Å². The summed E-state index contributed by atoms with van der Waals surface area (Å²) in [6.45, 7) is 8.04. The van der Waals surface area contributed by atoms with Gasteiger partial charge in [0.15, 0.2) is 0 Å². The first kappa shape index (κ1) is 20.7. The maximum Gasteiger partial charge on any atom is 0.115 e. The summed E-state index contributed by atoms with van der Waals surface area (Å²) in [5.74, 6) is 1.15. The molecule has 32 heavy (non-hydrogen) atoms. The maximum absolute atomic E-state index is 12.5. The van der Waals surface area contributed by atoms with Crippen molar-refractivity contribution >= 4 is 0 Å². The molecule has 3 heterocycles. The summed E-state index contributed by atoms with van der Waals surface area (Å²) >= 11 is 0. The molecule has 3 unspecified atom stereocenters. The summed E-state index contributed by atoms with van der Waals surface area (Å²) < 4.78 is 2.08. The highest BCUT2D eigenvalue weighted by molar-refractivity contribution is 5.48. The Labute approximate surface area is 190 Å². The molecule has 1 aromatic heterocycles. The Morgan fingerprint density at radius 2 is 1.88 bits per heavy atom. The zero-order chi connectivity index (χ0) is 21.9. The Balaban J connectivity index is 1.32. The second kappa shape index (κ2) is 7.57. The lowest BCUT2D eigenvalue weighted by Crippen LogP contribution is -2.71. The highest BCUT2D eigenvalue weighted by Crippen LogP contribution is 2.56. The van der Waals surface area contributed by atoms with Crippen LogP contribution in [0, 0.1) is 12.8 Å². The van der Waals surface area contributed by atoms with Crippen LogP contribution in [0.1, 0.15) is 48.9 Å². The molecule has 2 aliphatic heterocycles. The lowest BCUT2D eigenvalue weighted by Gasteiger charge is -2.61. The topological polar surface area (TPSA) is 64.8 Å². The van der Waals surface area contributed by atoms with E-state index in [2.05, 4.69) is 38.6 Å². The molecular weight excluding hydrogens is 400 g/mol. The monoisotopic (exact) mass is 436 g/mol. The van der Waals surface area contributed by atoms with E-state index >= 15 is 0 Å². The summed E-state index contributed by atoms with van der Waals surface area (Å²) in [7, 11) is 0. The molecule has 3 fully saturated rings. The molecule has 6 heteroatoms. The number of aryl methyl sites for hydroxylation is 1. The van der Waals surface area contributed by atoms with Crippen LogP contribution >= 0.6 is 0 Å². The Bertz CT molecular complexity index is 1000. The number of fused-ring (bicyclic) bond motifs is 1. The summed E-state index contributed by atoms with van der Waals surface area (Å²) in [6, 6.07) is 8.15. The number of benzene rings is 1. The van der Waals surface area contributed by atoms with E-state index in [0.717, 1.165) is 70.9 Å². The lowest BCUT2D eigenvalue weighted by molar-refractivity contribution is -0.149. The summed E-state index contributed by atoms with van der Waals surface area (Å²) in [6.07, 6.45) is 8.19. The fourth-order valence-corrected chi connectivity index (χ4v) is 7.00. The van der Waals surface area contributed by atoms with Crippen LogP contribution in [0.15, 0.2) is 30.5 Å². The average Bonchev–Trinajstić information content (AvgIpc) is 3.52. The van der Waals surface area contributed by atoms with E-state index in [1.165, 1.54) is 29.7 Å². The number of phenolic OH excluding ortho intramolecular Hbond substituents is 1. The van der Waals surface area contributed by atoms with Crippen LogP contribution in [-0.4, -0.2) is 74.2 Å². The first-order valence-electron chi connectivity index (χ1n) is 12.5. The molecule has 2 aliphatic carbocycles. The quantitative estimate of drug-likeness (QED) is 0.755. The molecule has 0 amide bonds. The highest BCUT2D eigenvalue weighted by Gasteiger charge is 2.63. The van der Waals surface area contributed by atoms with Gasteiger partial charge >= 0.3 is 0 Å². The third-order valence-electron chi connectivity index (χ3n) is 9.08. The van der Waals surface area contributed by atoms with Crippen molar-refractivity contribution in [2.45, 2.75) is 69.1 Å². The molecule has 2 saturated heterocycles. The molecule has 0 spiro atoms. The fourth-order valence-electron chi connectivity index (χ4n) is 7.00. The molecule has 6 rings (SSSR count). The Hall–Kier alpha value is -1.89. The molecule has 1 saturated carbocycles. The molecule has 4 aliphatic rings. The van der Waals surface area contributed by atoms with E-state index in [-0.39, 0.29) is 11.5 Å². The number of aromatic hydroxyl groups is 1. The molecule has 3 atom stereocenters. The Kier molecular flexibility index (Phi) is 4.90. The second-order valence-corrected chi connectivity index (χ2v) is 10.8. The highest BCUT2D eigenvalue weighted by atomic mass is 16.3. The van der Waals surface area contributed by atoms with Crippen molar-refractivity contribution < 1.29 is 10.2 Å². The van der Waals surface area contributed by atoms with Gasteiger partial charge in [-0.15, -0.1) is 0 Å². The molecule has 0 radical (unpaired) electrons. The molecular formula is C26H36N4O2. The van der Waals surface area contributed by atoms with Gasteiger partial charge in [0.05, 0.1) is 12.1 Å². The molecule has 2 N–H and O–H groups in total. The van der Waals surface area contributed by atoms with E-state index in [1.807, 2.05) is 18.3 Å². The molecule has 6 nitrogen and oxygen atoms in total. The first-order valence-corrected chi connectivity index (χ1v) is 12.5. The van der Waals surface area contributed by atoms with Crippen LogP contribution in [0.5, 0.6) is 5.75 Å². The second-order valence-electron chi connectivity index (χ2n) is 10.8. The third kappa shape index (κ3) is 3.22. The van der Waals surface area contributed by atoms with Gasteiger partial charge < -0.3 is 15.1 Å². The number of rotatable bonds is 5. The maximum atomic E-state index is 12.5. The van der Waals surface area contributed by atoms with E-state index in [1.54, 1.807) is 0 Å². The normalized spacial score (nSPS) is 32.9. The standard InChI is InChI=1S/C26H36N4O2/c1-19-6-10-27-30(19)15-14-28-11-7-25-8-13-29(18-20-2-3-20)24(26(25,32)9-12-28)16-21-4-5-22(31)17-23(21)25/h4-6,10,17,20,24,31-32H,2-3,7-9,11-16,18H2,1H3. The number of likely N-dealkylation sites (tertiary alicyclic amines) is 2. The van der Waals surface area contributed by atoms with E-state index in [4.69, 9.17) is 0 Å². The number of piperidine rings is 1. The number of nitrogens with zero attached hydrogens (tertiary/aromatic N) is 4. The smallest absolute Gasteiger partial charge is 0.115 e. The first-order chi connectivity index (χ1) is 15.5. The van der Waals surface area contributed by atoms with Gasteiger partial charge in [-0.1, -0.05) is 6.07 Å². The predicted octanol–water partition coefficient (Wildman–Crippen LogP) is 2.70. The van der Waals surface area contributed by atoms with Crippen molar-refractivity contribution in [1.82, 2.24) is 19.6 Å². The summed E-state index contributed by atoms with van der Waals surface area (Å²) in [4.78, 5) is 5.14. The minimum atomic E-state index is -0.739. The molecule has 2 aromatic rings. The van der Waals surface area contributed by atoms with Crippen molar-refractivity contribution in [3.05, 3.63) is 47.3 Å². The van der Waals surface area contributed by atoms with Gasteiger partial charge in [-0.2, -0.15) is 5.10 Å². The van der Waals surface area contributed by atoms with Crippen LogP contribution in [0.25, 0.3) is 0 Å². The van der Waals surface area contributed by atoms with Gasteiger partial charge in [-0.3, -0.25) is 9.58 Å². The zero-order valence-corrected chi connectivity index (χ0v) is 19.2. The number of hydrogen-bond acceptors (Lipinski definition) is 5. The Morgan fingerprint density at radius 3 is 2.66 bits per heavy atom. The van der Waals surface area contributed by atoms with Gasteiger partial charge in [0, 0.05) is 43.0 Å². The SMILES string of the molecule is Cc1ccnn1CCN1CCC23CCN(CC4CC4)C(Cc4ccc(O)cc42)C3(O)CC1. The van der Waals surface area contributed by atoms with Crippen LogP contribution in [0.3, 0.4) is 0 Å². The fraction of sp³-hybridized carbons (Fsp3) is 0.654. The van der Waals surface area contributed by atoms with Crippen LogP contribution in [-0.2, 0) is 18.4 Å².